The van der Waals surface area contributed by atoms with Crippen molar-refractivity contribution >= 4 is 10.0 Å². The van der Waals surface area contributed by atoms with E-state index < -0.39 is 15.6 Å². The van der Waals surface area contributed by atoms with Crippen molar-refractivity contribution in [2.45, 2.75) is 31.2 Å². The summed E-state index contributed by atoms with van der Waals surface area (Å²) in [6.07, 6.45) is 2.91. The van der Waals surface area contributed by atoms with Gasteiger partial charge in [0.1, 0.15) is 11.0 Å². The molecule has 0 saturated carbocycles. The highest BCUT2D eigenvalue weighted by Gasteiger charge is 2.34. The predicted octanol–water partition coefficient (Wildman–Crippen LogP) is 1.93. The molecule has 1 aromatic heterocycles. The van der Waals surface area contributed by atoms with Crippen molar-refractivity contribution in [1.29, 1.82) is 5.26 Å². The fourth-order valence-electron chi connectivity index (χ4n) is 1.65. The van der Waals surface area contributed by atoms with Crippen molar-refractivity contribution in [2.24, 2.45) is 0 Å². The van der Waals surface area contributed by atoms with Crippen LogP contribution in [0.15, 0.2) is 35.9 Å². The van der Waals surface area contributed by atoms with E-state index in [-0.39, 0.29) is 17.1 Å². The number of pyridine rings is 1. The quantitative estimate of drug-likeness (QED) is 0.789. The van der Waals surface area contributed by atoms with Crippen LogP contribution < -0.4 is 0 Å². The van der Waals surface area contributed by atoms with Crippen LogP contribution in [0.5, 0.6) is 0 Å². The first-order chi connectivity index (χ1) is 8.75. The summed E-state index contributed by atoms with van der Waals surface area (Å²) in [7, 11) is -3.79. The van der Waals surface area contributed by atoms with E-state index in [4.69, 9.17) is 5.26 Å². The second-order valence-electron chi connectivity index (χ2n) is 4.96. The second kappa shape index (κ2) is 5.51. The third kappa shape index (κ3) is 3.19. The molecular weight excluding hydrogens is 262 g/mol. The summed E-state index contributed by atoms with van der Waals surface area (Å²) in [5, 5.41) is 8.98. The second-order valence-corrected chi connectivity index (χ2v) is 6.79. The fraction of sp³-hybridized carbons (Fsp3) is 0.385. The minimum atomic E-state index is -3.79. The molecule has 6 heteroatoms. The van der Waals surface area contributed by atoms with Gasteiger partial charge in [0, 0.05) is 18.3 Å². The van der Waals surface area contributed by atoms with E-state index in [2.05, 4.69) is 11.6 Å². The SMILES string of the molecule is C=CCN(C(C)(C)C)S(=O)(=O)c1cccnc1C#N. The van der Waals surface area contributed by atoms with Gasteiger partial charge in [-0.3, -0.25) is 0 Å². The van der Waals surface area contributed by atoms with E-state index in [1.54, 1.807) is 20.8 Å². The molecule has 0 amide bonds. The van der Waals surface area contributed by atoms with Gasteiger partial charge in [-0.05, 0) is 32.9 Å². The molecule has 102 valence electrons. The Kier molecular flexibility index (Phi) is 4.45. The fourth-order valence-corrected chi connectivity index (χ4v) is 3.50. The summed E-state index contributed by atoms with van der Waals surface area (Å²) in [6, 6.07) is 4.70. The van der Waals surface area contributed by atoms with Gasteiger partial charge in [0.05, 0.1) is 0 Å². The Morgan fingerprint density at radius 3 is 2.63 bits per heavy atom. The normalized spacial score (nSPS) is 12.2. The van der Waals surface area contributed by atoms with Crippen LogP contribution in [0.3, 0.4) is 0 Å². The first-order valence-electron chi connectivity index (χ1n) is 5.74. The van der Waals surface area contributed by atoms with Crippen LogP contribution in [0.25, 0.3) is 0 Å². The van der Waals surface area contributed by atoms with Gasteiger partial charge < -0.3 is 0 Å². The van der Waals surface area contributed by atoms with Crippen molar-refractivity contribution in [1.82, 2.24) is 9.29 Å². The van der Waals surface area contributed by atoms with Gasteiger partial charge in [0.2, 0.25) is 10.0 Å². The van der Waals surface area contributed by atoms with E-state index >= 15 is 0 Å². The van der Waals surface area contributed by atoms with Crippen molar-refractivity contribution in [3.05, 3.63) is 36.7 Å². The number of nitriles is 1. The highest BCUT2D eigenvalue weighted by Crippen LogP contribution is 2.25. The van der Waals surface area contributed by atoms with Gasteiger partial charge in [0.15, 0.2) is 5.69 Å². The van der Waals surface area contributed by atoms with Crippen LogP contribution in [-0.2, 0) is 10.0 Å². The van der Waals surface area contributed by atoms with Crippen molar-refractivity contribution in [3.63, 3.8) is 0 Å². The maximum absolute atomic E-state index is 12.6. The van der Waals surface area contributed by atoms with Crippen LogP contribution in [0.2, 0.25) is 0 Å². The Bertz CT molecular complexity index is 610. The van der Waals surface area contributed by atoms with Gasteiger partial charge in [-0.25, -0.2) is 13.4 Å². The molecule has 0 fully saturated rings. The van der Waals surface area contributed by atoms with Crippen molar-refractivity contribution < 1.29 is 8.42 Å². The molecular formula is C13H17N3O2S. The maximum Gasteiger partial charge on any atom is 0.246 e. The summed E-state index contributed by atoms with van der Waals surface area (Å²) < 4.78 is 26.6. The molecule has 0 bridgehead atoms. The zero-order valence-corrected chi connectivity index (χ0v) is 12.1. The molecule has 0 unspecified atom stereocenters. The number of rotatable bonds is 4. The zero-order chi connectivity index (χ0) is 14.7. The predicted molar refractivity (Wildman–Crippen MR) is 72.8 cm³/mol. The first-order valence-corrected chi connectivity index (χ1v) is 7.18. The van der Waals surface area contributed by atoms with Crippen LogP contribution >= 0.6 is 0 Å². The lowest BCUT2D eigenvalue weighted by molar-refractivity contribution is 0.269. The molecule has 0 atom stereocenters. The summed E-state index contributed by atoms with van der Waals surface area (Å²) in [4.78, 5) is 3.72. The summed E-state index contributed by atoms with van der Waals surface area (Å²) >= 11 is 0. The first kappa shape index (κ1) is 15.3. The Hall–Kier alpha value is -1.71. The number of nitrogens with zero attached hydrogens (tertiary/aromatic N) is 3. The number of sulfonamides is 1. The molecule has 0 spiro atoms. The summed E-state index contributed by atoms with van der Waals surface area (Å²) in [5.74, 6) is 0. The van der Waals surface area contributed by atoms with Gasteiger partial charge in [-0.15, -0.1) is 6.58 Å². The summed E-state index contributed by atoms with van der Waals surface area (Å²) in [6.45, 7) is 9.11. The average Bonchev–Trinajstić information content (AvgIpc) is 2.34. The lowest BCUT2D eigenvalue weighted by Gasteiger charge is -2.33. The molecule has 0 aliphatic carbocycles. The largest absolute Gasteiger partial charge is 0.246 e. The minimum Gasteiger partial charge on any atom is -0.244 e. The van der Waals surface area contributed by atoms with E-state index in [0.717, 1.165) is 0 Å². The van der Waals surface area contributed by atoms with Crippen molar-refractivity contribution in [2.75, 3.05) is 6.54 Å². The van der Waals surface area contributed by atoms with E-state index in [9.17, 15) is 8.42 Å². The number of hydrogen-bond donors (Lipinski definition) is 0. The van der Waals surface area contributed by atoms with E-state index in [0.29, 0.717) is 0 Å². The van der Waals surface area contributed by atoms with Crippen LogP contribution in [0, 0.1) is 11.3 Å². The smallest absolute Gasteiger partial charge is 0.244 e. The molecule has 5 nitrogen and oxygen atoms in total. The lowest BCUT2D eigenvalue weighted by Crippen LogP contribution is -2.45. The lowest BCUT2D eigenvalue weighted by atomic mass is 10.1. The molecule has 0 N–H and O–H groups in total. The molecule has 0 aliphatic heterocycles. The Labute approximate surface area is 114 Å². The molecule has 19 heavy (non-hydrogen) atoms. The highest BCUT2D eigenvalue weighted by atomic mass is 32.2. The Balaban J connectivity index is 3.45. The van der Waals surface area contributed by atoms with Crippen LogP contribution in [0.4, 0.5) is 0 Å². The number of aromatic nitrogens is 1. The van der Waals surface area contributed by atoms with Gasteiger partial charge >= 0.3 is 0 Å². The standard InChI is InChI=1S/C13H17N3O2S/c1-5-9-16(13(2,3)4)19(17,18)12-7-6-8-15-11(12)10-14/h5-8H,1,9H2,2-4H3. The number of hydrogen-bond acceptors (Lipinski definition) is 4. The van der Waals surface area contributed by atoms with Crippen LogP contribution in [-0.4, -0.2) is 29.8 Å². The molecule has 1 aromatic rings. The minimum absolute atomic E-state index is 0.0747. The topological polar surface area (TPSA) is 74.1 Å². The van der Waals surface area contributed by atoms with Gasteiger partial charge in [0.25, 0.3) is 0 Å². The van der Waals surface area contributed by atoms with Gasteiger partial charge in [-0.1, -0.05) is 6.08 Å². The molecule has 0 aliphatic rings. The molecule has 1 heterocycles. The third-order valence-electron chi connectivity index (χ3n) is 2.49. The Morgan fingerprint density at radius 1 is 1.53 bits per heavy atom. The monoisotopic (exact) mass is 279 g/mol. The van der Waals surface area contributed by atoms with Gasteiger partial charge in [-0.2, -0.15) is 9.57 Å². The van der Waals surface area contributed by atoms with Crippen molar-refractivity contribution in [3.8, 4) is 6.07 Å². The highest BCUT2D eigenvalue weighted by molar-refractivity contribution is 7.89. The zero-order valence-electron chi connectivity index (χ0n) is 11.3. The molecule has 0 saturated heterocycles. The van der Waals surface area contributed by atoms with E-state index in [1.807, 2.05) is 6.07 Å². The summed E-state index contributed by atoms with van der Waals surface area (Å²) in [5.41, 5.74) is -0.712. The maximum atomic E-state index is 12.6. The molecule has 0 radical (unpaired) electrons. The Morgan fingerprint density at radius 2 is 2.16 bits per heavy atom. The molecule has 0 aromatic carbocycles. The van der Waals surface area contributed by atoms with E-state index in [1.165, 1.54) is 28.7 Å². The average molecular weight is 279 g/mol. The van der Waals surface area contributed by atoms with Crippen LogP contribution in [0.1, 0.15) is 26.5 Å². The third-order valence-corrected chi connectivity index (χ3v) is 4.65. The molecule has 1 rings (SSSR count).